The van der Waals surface area contributed by atoms with E-state index in [4.69, 9.17) is 9.84 Å². The first-order chi connectivity index (χ1) is 9.88. The third-order valence-corrected chi connectivity index (χ3v) is 6.63. The van der Waals surface area contributed by atoms with Crippen LogP contribution in [0, 0.1) is 0 Å². The third kappa shape index (κ3) is 2.73. The number of fused-ring (bicyclic) bond motifs is 2. The molecule has 1 N–H and O–H groups in total. The van der Waals surface area contributed by atoms with Gasteiger partial charge in [0.25, 0.3) is 0 Å². The first-order valence-electron chi connectivity index (χ1n) is 6.56. The van der Waals surface area contributed by atoms with Crippen molar-refractivity contribution in [3.8, 4) is 0 Å². The Hall–Kier alpha value is -0.960. The van der Waals surface area contributed by atoms with Gasteiger partial charge in [-0.05, 0) is 47.0 Å². The van der Waals surface area contributed by atoms with Gasteiger partial charge in [0, 0.05) is 17.6 Å². The molecule has 2 aliphatic heterocycles. The predicted octanol–water partition coefficient (Wildman–Crippen LogP) is 1.70. The summed E-state index contributed by atoms with van der Waals surface area (Å²) in [6, 6.07) is 4.01. The van der Waals surface area contributed by atoms with E-state index in [1.807, 2.05) is 0 Å². The fraction of sp³-hybridized carbons (Fsp3) is 0.462. The van der Waals surface area contributed by atoms with Crippen LogP contribution in [0.1, 0.15) is 23.2 Å². The molecule has 21 heavy (non-hydrogen) atoms. The van der Waals surface area contributed by atoms with Gasteiger partial charge in [-0.2, -0.15) is 4.31 Å². The normalized spacial score (nSPS) is 26.0. The SMILES string of the molecule is O=C(O)c1ccc(Br)c(S(=O)(=O)N2CC3CCC(C2)O3)c1. The highest BCUT2D eigenvalue weighted by Crippen LogP contribution is 2.32. The molecule has 1 aromatic rings. The van der Waals surface area contributed by atoms with Crippen molar-refractivity contribution in [2.75, 3.05) is 13.1 Å². The predicted molar refractivity (Wildman–Crippen MR) is 77.8 cm³/mol. The van der Waals surface area contributed by atoms with Crippen molar-refractivity contribution in [1.82, 2.24) is 4.31 Å². The van der Waals surface area contributed by atoms with Gasteiger partial charge in [-0.3, -0.25) is 0 Å². The second kappa shape index (κ2) is 5.35. The van der Waals surface area contributed by atoms with Gasteiger partial charge in [0.2, 0.25) is 10.0 Å². The number of ether oxygens (including phenoxy) is 1. The number of hydrogen-bond acceptors (Lipinski definition) is 4. The van der Waals surface area contributed by atoms with Gasteiger partial charge in [0.15, 0.2) is 0 Å². The van der Waals surface area contributed by atoms with Crippen LogP contribution in [0.3, 0.4) is 0 Å². The lowest BCUT2D eigenvalue weighted by Crippen LogP contribution is -2.45. The number of benzene rings is 1. The molecule has 2 bridgehead atoms. The molecular formula is C13H14BrNO5S. The molecule has 3 rings (SSSR count). The lowest BCUT2D eigenvalue weighted by Gasteiger charge is -2.31. The van der Waals surface area contributed by atoms with Crippen molar-refractivity contribution in [1.29, 1.82) is 0 Å². The van der Waals surface area contributed by atoms with Crippen LogP contribution in [-0.4, -0.2) is 49.1 Å². The van der Waals surface area contributed by atoms with Gasteiger partial charge in [-0.25, -0.2) is 13.2 Å². The van der Waals surface area contributed by atoms with Crippen LogP contribution in [0.15, 0.2) is 27.6 Å². The monoisotopic (exact) mass is 375 g/mol. The zero-order valence-electron chi connectivity index (χ0n) is 11.0. The summed E-state index contributed by atoms with van der Waals surface area (Å²) in [6.07, 6.45) is 1.62. The topological polar surface area (TPSA) is 83.9 Å². The van der Waals surface area contributed by atoms with Gasteiger partial charge < -0.3 is 9.84 Å². The smallest absolute Gasteiger partial charge is 0.335 e. The molecule has 2 fully saturated rings. The fourth-order valence-electron chi connectivity index (χ4n) is 2.75. The number of carboxylic acids is 1. The van der Waals surface area contributed by atoms with Crippen LogP contribution in [0.5, 0.6) is 0 Å². The summed E-state index contributed by atoms with van der Waals surface area (Å²) in [5, 5.41) is 9.03. The summed E-state index contributed by atoms with van der Waals surface area (Å²) >= 11 is 3.20. The molecule has 1 aromatic carbocycles. The number of sulfonamides is 1. The summed E-state index contributed by atoms with van der Waals surface area (Å²) < 4.78 is 32.9. The van der Waals surface area contributed by atoms with E-state index in [2.05, 4.69) is 15.9 Å². The van der Waals surface area contributed by atoms with Crippen molar-refractivity contribution in [3.05, 3.63) is 28.2 Å². The third-order valence-electron chi connectivity index (χ3n) is 3.81. The van der Waals surface area contributed by atoms with Crippen molar-refractivity contribution < 1.29 is 23.1 Å². The summed E-state index contributed by atoms with van der Waals surface area (Å²) in [4.78, 5) is 11.0. The van der Waals surface area contributed by atoms with Gasteiger partial charge in [-0.1, -0.05) is 0 Å². The van der Waals surface area contributed by atoms with Gasteiger partial charge in [0.1, 0.15) is 0 Å². The van der Waals surface area contributed by atoms with Crippen LogP contribution < -0.4 is 0 Å². The minimum absolute atomic E-state index is 0.0105. The van der Waals surface area contributed by atoms with E-state index in [1.54, 1.807) is 0 Å². The molecule has 2 saturated heterocycles. The number of aromatic carboxylic acids is 1. The van der Waals surface area contributed by atoms with Gasteiger partial charge in [-0.15, -0.1) is 0 Å². The maximum Gasteiger partial charge on any atom is 0.335 e. The number of halogens is 1. The highest BCUT2D eigenvalue weighted by atomic mass is 79.9. The summed E-state index contributed by atoms with van der Waals surface area (Å²) in [6.45, 7) is 0.644. The zero-order valence-corrected chi connectivity index (χ0v) is 13.4. The fourth-order valence-corrected chi connectivity index (χ4v) is 5.20. The molecule has 0 radical (unpaired) electrons. The van der Waals surface area contributed by atoms with Crippen molar-refractivity contribution in [2.24, 2.45) is 0 Å². The van der Waals surface area contributed by atoms with E-state index in [1.165, 1.54) is 22.5 Å². The Morgan fingerprint density at radius 1 is 1.29 bits per heavy atom. The van der Waals surface area contributed by atoms with E-state index in [9.17, 15) is 13.2 Å². The number of hydrogen-bond donors (Lipinski definition) is 1. The van der Waals surface area contributed by atoms with Crippen LogP contribution in [0.4, 0.5) is 0 Å². The standard InChI is InChI=1S/C13H14BrNO5S/c14-11-4-1-8(13(16)17)5-12(11)21(18,19)15-6-9-2-3-10(7-15)20-9/h1,4-5,9-10H,2-3,6-7H2,(H,16,17). The maximum absolute atomic E-state index is 12.7. The summed E-state index contributed by atoms with van der Waals surface area (Å²) in [7, 11) is -3.73. The van der Waals surface area contributed by atoms with Crippen LogP contribution in [-0.2, 0) is 14.8 Å². The van der Waals surface area contributed by atoms with Gasteiger partial charge in [0.05, 0.1) is 22.7 Å². The van der Waals surface area contributed by atoms with E-state index >= 15 is 0 Å². The van der Waals surface area contributed by atoms with Crippen molar-refractivity contribution in [2.45, 2.75) is 29.9 Å². The lowest BCUT2D eigenvalue weighted by atomic mass is 10.2. The molecule has 2 heterocycles. The Balaban J connectivity index is 1.98. The maximum atomic E-state index is 12.7. The number of carboxylic acid groups (broad SMARTS) is 1. The first-order valence-corrected chi connectivity index (χ1v) is 8.79. The molecule has 2 unspecified atom stereocenters. The molecule has 2 aliphatic rings. The Morgan fingerprint density at radius 3 is 2.48 bits per heavy atom. The Morgan fingerprint density at radius 2 is 1.90 bits per heavy atom. The average molecular weight is 376 g/mol. The van der Waals surface area contributed by atoms with E-state index in [0.717, 1.165) is 12.8 Å². The van der Waals surface area contributed by atoms with Crippen LogP contribution >= 0.6 is 15.9 Å². The van der Waals surface area contributed by atoms with Crippen molar-refractivity contribution >= 4 is 31.9 Å². The molecule has 0 saturated carbocycles. The zero-order chi connectivity index (χ0) is 15.2. The Labute approximate surface area is 130 Å². The number of morpholine rings is 1. The van der Waals surface area contributed by atoms with E-state index in [-0.39, 0.29) is 22.7 Å². The molecule has 6 nitrogen and oxygen atoms in total. The summed E-state index contributed by atoms with van der Waals surface area (Å²) in [5.41, 5.74) is -0.0481. The number of carbonyl (C=O) groups is 1. The molecule has 0 aliphatic carbocycles. The molecule has 114 valence electrons. The Bertz CT molecular complexity index is 678. The van der Waals surface area contributed by atoms with E-state index in [0.29, 0.717) is 17.6 Å². The molecular weight excluding hydrogens is 362 g/mol. The minimum atomic E-state index is -3.73. The average Bonchev–Trinajstić information content (AvgIpc) is 2.77. The highest BCUT2D eigenvalue weighted by molar-refractivity contribution is 9.10. The van der Waals surface area contributed by atoms with E-state index < -0.39 is 16.0 Å². The molecule has 0 aromatic heterocycles. The molecule has 0 spiro atoms. The van der Waals surface area contributed by atoms with Crippen molar-refractivity contribution in [3.63, 3.8) is 0 Å². The van der Waals surface area contributed by atoms with Crippen LogP contribution in [0.2, 0.25) is 0 Å². The summed E-state index contributed by atoms with van der Waals surface area (Å²) in [5.74, 6) is -1.15. The largest absolute Gasteiger partial charge is 0.478 e. The Kier molecular flexibility index (Phi) is 3.81. The van der Waals surface area contributed by atoms with Gasteiger partial charge >= 0.3 is 5.97 Å². The second-order valence-corrected chi connectivity index (χ2v) is 7.99. The first kappa shape index (κ1) is 15.0. The number of nitrogens with zero attached hydrogens (tertiary/aromatic N) is 1. The molecule has 0 amide bonds. The minimum Gasteiger partial charge on any atom is -0.478 e. The second-order valence-electron chi connectivity index (χ2n) is 5.23. The van der Waals surface area contributed by atoms with Crippen LogP contribution in [0.25, 0.3) is 0 Å². The molecule has 8 heteroatoms. The molecule has 2 atom stereocenters. The highest BCUT2D eigenvalue weighted by Gasteiger charge is 2.40. The lowest BCUT2D eigenvalue weighted by molar-refractivity contribution is -0.0114. The number of rotatable bonds is 3. The quantitative estimate of drug-likeness (QED) is 0.868.